The van der Waals surface area contributed by atoms with Crippen LogP contribution in [-0.2, 0) is 0 Å². The van der Waals surface area contributed by atoms with E-state index in [1.807, 2.05) is 37.9 Å². The molecule has 2 heterocycles. The number of anilines is 3. The number of likely N-dealkylation sites (tertiary alicyclic amines) is 1. The number of aryl methyl sites for hydroxylation is 2. The normalized spacial score (nSPS) is 15.6. The highest BCUT2D eigenvalue weighted by atomic mass is 16.6. The molecule has 0 spiro atoms. The molecule has 0 unspecified atom stereocenters. The Hall–Kier alpha value is -2.74. The lowest BCUT2D eigenvalue weighted by atomic mass is 10.0. The van der Waals surface area contributed by atoms with Crippen molar-refractivity contribution in [3.8, 4) is 0 Å². The lowest BCUT2D eigenvalue weighted by Gasteiger charge is -2.35. The fraction of sp³-hybridized carbons (Fsp3) is 0.474. The molecule has 8 nitrogen and oxygen atoms in total. The number of hydrogen-bond acceptors (Lipinski definition) is 7. The predicted molar refractivity (Wildman–Crippen MR) is 107 cm³/mol. The molecule has 0 bridgehead atoms. The van der Waals surface area contributed by atoms with Crippen molar-refractivity contribution in [1.29, 1.82) is 0 Å². The van der Waals surface area contributed by atoms with Gasteiger partial charge in [-0.15, -0.1) is 0 Å². The molecular formula is C19H26N6O2. The Morgan fingerprint density at radius 3 is 2.41 bits per heavy atom. The first kappa shape index (κ1) is 19.0. The van der Waals surface area contributed by atoms with Crippen LogP contribution in [0.15, 0.2) is 24.5 Å². The summed E-state index contributed by atoms with van der Waals surface area (Å²) in [6.45, 7) is 5.93. The molecule has 1 aromatic carbocycles. The van der Waals surface area contributed by atoms with Gasteiger partial charge in [0.15, 0.2) is 0 Å². The topological polar surface area (TPSA) is 87.4 Å². The zero-order valence-electron chi connectivity index (χ0n) is 16.3. The largest absolute Gasteiger partial charge is 0.353 e. The third kappa shape index (κ3) is 4.33. The molecule has 1 aromatic heterocycles. The minimum absolute atomic E-state index is 0.0851. The van der Waals surface area contributed by atoms with Crippen LogP contribution in [0.4, 0.5) is 23.0 Å². The first-order valence-corrected chi connectivity index (χ1v) is 9.11. The van der Waals surface area contributed by atoms with E-state index < -0.39 is 4.92 Å². The Bertz CT molecular complexity index is 813. The number of rotatable bonds is 5. The average Bonchev–Trinajstić information content (AvgIpc) is 2.60. The van der Waals surface area contributed by atoms with Crippen molar-refractivity contribution in [2.24, 2.45) is 0 Å². The van der Waals surface area contributed by atoms with Gasteiger partial charge >= 0.3 is 5.69 Å². The molecule has 0 radical (unpaired) electrons. The smallest absolute Gasteiger partial charge is 0.351 e. The van der Waals surface area contributed by atoms with Crippen LogP contribution in [0.1, 0.15) is 24.0 Å². The number of nitrogens with zero attached hydrogens (tertiary/aromatic N) is 5. The molecule has 1 aliphatic heterocycles. The summed E-state index contributed by atoms with van der Waals surface area (Å²) in [6, 6.07) is 6.17. The van der Waals surface area contributed by atoms with E-state index in [9.17, 15) is 10.1 Å². The molecule has 8 heteroatoms. The molecule has 3 rings (SSSR count). The molecule has 1 saturated heterocycles. The van der Waals surface area contributed by atoms with Crippen LogP contribution in [0.3, 0.4) is 0 Å². The second-order valence-corrected chi connectivity index (χ2v) is 7.30. The zero-order chi connectivity index (χ0) is 19.6. The summed E-state index contributed by atoms with van der Waals surface area (Å²) in [5.41, 5.74) is 2.86. The lowest BCUT2D eigenvalue weighted by molar-refractivity contribution is -0.383. The van der Waals surface area contributed by atoms with E-state index in [4.69, 9.17) is 0 Å². The number of nitrogens with one attached hydrogen (secondary N) is 1. The fourth-order valence-corrected chi connectivity index (χ4v) is 3.63. The Labute approximate surface area is 159 Å². The van der Waals surface area contributed by atoms with Gasteiger partial charge in [0.05, 0.1) is 4.92 Å². The van der Waals surface area contributed by atoms with Gasteiger partial charge in [-0.3, -0.25) is 10.1 Å². The van der Waals surface area contributed by atoms with Gasteiger partial charge in [-0.25, -0.2) is 9.97 Å². The van der Waals surface area contributed by atoms with E-state index in [2.05, 4.69) is 33.3 Å². The molecule has 144 valence electrons. The summed E-state index contributed by atoms with van der Waals surface area (Å²) in [7, 11) is 3.97. The summed E-state index contributed by atoms with van der Waals surface area (Å²) in [4.78, 5) is 24.1. The van der Waals surface area contributed by atoms with Gasteiger partial charge in [-0.05, 0) is 70.1 Å². The molecule has 1 N–H and O–H groups in total. The number of piperidine rings is 1. The van der Waals surface area contributed by atoms with Gasteiger partial charge < -0.3 is 15.1 Å². The van der Waals surface area contributed by atoms with Crippen molar-refractivity contribution < 1.29 is 4.92 Å². The van der Waals surface area contributed by atoms with E-state index in [0.29, 0.717) is 5.82 Å². The summed E-state index contributed by atoms with van der Waals surface area (Å²) >= 11 is 0. The Kier molecular flexibility index (Phi) is 5.55. The molecule has 0 aliphatic carbocycles. The maximum absolute atomic E-state index is 11.9. The molecule has 1 fully saturated rings. The summed E-state index contributed by atoms with van der Waals surface area (Å²) in [5, 5.41) is 15.0. The van der Waals surface area contributed by atoms with Gasteiger partial charge in [0, 0.05) is 18.8 Å². The van der Waals surface area contributed by atoms with Crippen molar-refractivity contribution in [3.63, 3.8) is 0 Å². The third-order valence-electron chi connectivity index (χ3n) is 5.04. The van der Waals surface area contributed by atoms with Crippen LogP contribution >= 0.6 is 0 Å². The monoisotopic (exact) mass is 370 g/mol. The standard InChI is InChI=1S/C19H26N6O2/c1-13-9-14(2)11-15(10-13)22-18-17(25(26)27)19(21-12-20-18)24(4)16-5-7-23(3)8-6-16/h9-12,16H,5-8H2,1-4H3,(H,20,21,22). The molecule has 0 amide bonds. The Morgan fingerprint density at radius 2 is 1.81 bits per heavy atom. The molecule has 27 heavy (non-hydrogen) atoms. The minimum Gasteiger partial charge on any atom is -0.351 e. The minimum atomic E-state index is -0.397. The molecule has 1 aliphatic rings. The number of nitro groups is 1. The van der Waals surface area contributed by atoms with Gasteiger partial charge in [-0.1, -0.05) is 6.07 Å². The molecule has 2 aromatic rings. The quantitative estimate of drug-likeness (QED) is 0.638. The van der Waals surface area contributed by atoms with Crippen LogP contribution in [0, 0.1) is 24.0 Å². The first-order valence-electron chi connectivity index (χ1n) is 9.11. The van der Waals surface area contributed by atoms with Crippen molar-refractivity contribution in [3.05, 3.63) is 45.8 Å². The maximum Gasteiger partial charge on any atom is 0.353 e. The van der Waals surface area contributed by atoms with Crippen molar-refractivity contribution in [1.82, 2.24) is 14.9 Å². The Balaban J connectivity index is 1.93. The predicted octanol–water partition coefficient (Wildman–Crippen LogP) is 3.28. The van der Waals surface area contributed by atoms with Crippen LogP contribution in [0.25, 0.3) is 0 Å². The zero-order valence-corrected chi connectivity index (χ0v) is 16.3. The third-order valence-corrected chi connectivity index (χ3v) is 5.04. The lowest BCUT2D eigenvalue weighted by Crippen LogP contribution is -2.42. The maximum atomic E-state index is 11.9. The highest BCUT2D eigenvalue weighted by Crippen LogP contribution is 2.35. The van der Waals surface area contributed by atoms with Crippen molar-refractivity contribution in [2.45, 2.75) is 32.7 Å². The highest BCUT2D eigenvalue weighted by molar-refractivity contribution is 5.74. The van der Waals surface area contributed by atoms with E-state index >= 15 is 0 Å². The van der Waals surface area contributed by atoms with Gasteiger partial charge in [0.2, 0.25) is 11.6 Å². The summed E-state index contributed by atoms with van der Waals surface area (Å²) in [6.07, 6.45) is 3.29. The summed E-state index contributed by atoms with van der Waals surface area (Å²) in [5.74, 6) is 0.575. The summed E-state index contributed by atoms with van der Waals surface area (Å²) < 4.78 is 0. The van der Waals surface area contributed by atoms with E-state index in [1.54, 1.807) is 0 Å². The molecule has 0 saturated carbocycles. The average molecular weight is 370 g/mol. The van der Waals surface area contributed by atoms with E-state index in [-0.39, 0.29) is 17.5 Å². The molecule has 0 atom stereocenters. The highest BCUT2D eigenvalue weighted by Gasteiger charge is 2.30. The molecular weight excluding hydrogens is 344 g/mol. The van der Waals surface area contributed by atoms with Crippen LogP contribution in [0.5, 0.6) is 0 Å². The van der Waals surface area contributed by atoms with Gasteiger partial charge in [0.25, 0.3) is 0 Å². The van der Waals surface area contributed by atoms with Crippen molar-refractivity contribution in [2.75, 3.05) is 37.4 Å². The second-order valence-electron chi connectivity index (χ2n) is 7.30. The van der Waals surface area contributed by atoms with Crippen LogP contribution in [-0.4, -0.2) is 53.0 Å². The fourth-order valence-electron chi connectivity index (χ4n) is 3.63. The van der Waals surface area contributed by atoms with Gasteiger partial charge in [-0.2, -0.15) is 0 Å². The number of hydrogen-bond donors (Lipinski definition) is 1. The van der Waals surface area contributed by atoms with Gasteiger partial charge in [0.1, 0.15) is 6.33 Å². The van der Waals surface area contributed by atoms with E-state index in [0.717, 1.165) is 42.7 Å². The first-order chi connectivity index (χ1) is 12.8. The number of aromatic nitrogens is 2. The van der Waals surface area contributed by atoms with Crippen molar-refractivity contribution >= 4 is 23.0 Å². The SMILES string of the molecule is Cc1cc(C)cc(Nc2ncnc(N(C)C3CCN(C)CC3)c2[N+](=O)[O-])c1. The second kappa shape index (κ2) is 7.87. The van der Waals surface area contributed by atoms with E-state index in [1.165, 1.54) is 6.33 Å². The van der Waals surface area contributed by atoms with Crippen LogP contribution < -0.4 is 10.2 Å². The van der Waals surface area contributed by atoms with Crippen LogP contribution in [0.2, 0.25) is 0 Å². The Morgan fingerprint density at radius 1 is 1.19 bits per heavy atom. The number of benzene rings is 1.